The molecule has 37 heavy (non-hydrogen) atoms. The van der Waals surface area contributed by atoms with E-state index in [4.69, 9.17) is 4.42 Å². The molecule has 0 aliphatic carbocycles. The van der Waals surface area contributed by atoms with Crippen molar-refractivity contribution in [2.75, 3.05) is 0 Å². The Hall–Kier alpha value is -4.60. The molecule has 3 nitrogen and oxygen atoms in total. The first-order chi connectivity index (χ1) is 17.8. The summed E-state index contributed by atoms with van der Waals surface area (Å²) in [4.78, 5) is 0. The predicted molar refractivity (Wildman–Crippen MR) is 148 cm³/mol. The van der Waals surface area contributed by atoms with Crippen LogP contribution in [0, 0.1) is 0 Å². The Balaban J connectivity index is 0.00000215. The number of rotatable bonds is 0. The molecule has 9 aromatic rings. The maximum Gasteiger partial charge on any atom is 0.223 e. The third kappa shape index (κ3) is 2.64. The molecule has 0 aliphatic heterocycles. The number of aromatic nitrogens is 2. The summed E-state index contributed by atoms with van der Waals surface area (Å²) in [5.41, 5.74) is 6.54. The number of fused-ring (bicyclic) bond motifs is 14. The normalized spacial score (nSPS) is 12.1. The third-order valence-electron chi connectivity index (χ3n) is 7.84. The first-order valence-corrected chi connectivity index (χ1v) is 12.3. The molecule has 5 heterocycles. The lowest BCUT2D eigenvalue weighted by molar-refractivity contribution is -0.478. The fraction of sp³-hybridized carbons (Fsp3) is 0. The maximum atomic E-state index is 6.50. The lowest BCUT2D eigenvalue weighted by Gasteiger charge is -2.04. The number of nitrogens with zero attached hydrogens (tertiary/aromatic N) is 2. The second-order valence-electron chi connectivity index (χ2n) is 9.67. The quantitative estimate of drug-likeness (QED) is 0.210. The zero-order valence-corrected chi connectivity index (χ0v) is 20.4. The van der Waals surface area contributed by atoms with Crippen LogP contribution in [0.15, 0.2) is 120 Å². The number of hydrogen-bond acceptors (Lipinski definition) is 1. The monoisotopic (exact) mass is 494 g/mol. The van der Waals surface area contributed by atoms with Crippen LogP contribution in [-0.4, -0.2) is 4.40 Å². The summed E-state index contributed by atoms with van der Waals surface area (Å²) in [7, 11) is 0. The maximum absolute atomic E-state index is 6.50. The van der Waals surface area contributed by atoms with Gasteiger partial charge in [-0.05, 0) is 51.9 Å². The zero-order chi connectivity index (χ0) is 23.4. The van der Waals surface area contributed by atoms with E-state index >= 15 is 0 Å². The molecule has 0 saturated heterocycles. The molecule has 0 atom stereocenters. The molecule has 9 rings (SSSR count). The molecular formula is C33H19ClN2O. The van der Waals surface area contributed by atoms with Crippen LogP contribution in [0.1, 0.15) is 0 Å². The van der Waals surface area contributed by atoms with Crippen LogP contribution in [-0.2, 0) is 0 Å². The SMILES string of the molecule is [Cl-].c1ccc2c(c1)ccc1c2cc2c3cc4c(cc[n+]5c4cc4c6ccccc6ccc45)oc3ccn21. The van der Waals surface area contributed by atoms with Crippen molar-refractivity contribution in [1.29, 1.82) is 0 Å². The molecule has 0 bridgehead atoms. The van der Waals surface area contributed by atoms with E-state index < -0.39 is 0 Å². The van der Waals surface area contributed by atoms with E-state index in [1.807, 2.05) is 0 Å². The molecule has 5 aromatic heterocycles. The Labute approximate surface area is 217 Å². The van der Waals surface area contributed by atoms with Gasteiger partial charge in [0.15, 0.2) is 6.20 Å². The van der Waals surface area contributed by atoms with Gasteiger partial charge in [-0.25, -0.2) is 0 Å². The van der Waals surface area contributed by atoms with Gasteiger partial charge in [-0.3, -0.25) is 0 Å². The average Bonchev–Trinajstić information content (AvgIpc) is 3.51. The lowest BCUT2D eigenvalue weighted by Crippen LogP contribution is -3.00. The van der Waals surface area contributed by atoms with Crippen molar-refractivity contribution in [3.05, 3.63) is 116 Å². The largest absolute Gasteiger partial charge is 1.00 e. The van der Waals surface area contributed by atoms with Crippen LogP contribution >= 0.6 is 0 Å². The minimum atomic E-state index is 0. The van der Waals surface area contributed by atoms with Crippen LogP contribution in [0.2, 0.25) is 0 Å². The summed E-state index contributed by atoms with van der Waals surface area (Å²) in [6, 6.07) is 37.1. The van der Waals surface area contributed by atoms with Crippen LogP contribution < -0.4 is 16.8 Å². The van der Waals surface area contributed by atoms with Gasteiger partial charge < -0.3 is 21.2 Å². The lowest BCUT2D eigenvalue weighted by atomic mass is 10.1. The van der Waals surface area contributed by atoms with E-state index in [2.05, 4.69) is 124 Å². The molecule has 174 valence electrons. The summed E-state index contributed by atoms with van der Waals surface area (Å²) in [6.07, 6.45) is 4.25. The average molecular weight is 495 g/mol. The van der Waals surface area contributed by atoms with E-state index in [9.17, 15) is 0 Å². The van der Waals surface area contributed by atoms with Crippen molar-refractivity contribution in [2.45, 2.75) is 0 Å². The standard InChI is InChI=1S/C33H19N2O.ClH/c1-3-7-22-20(5-1)9-11-28-24(22)18-30-26-17-27-31-19-25-23-8-4-2-6-21(23)10-12-29(25)35(31)16-14-33(27)36-32(26)13-15-34(28)30;/h1-19H;1H/q+1;/p-1. The van der Waals surface area contributed by atoms with Crippen molar-refractivity contribution < 1.29 is 21.2 Å². The van der Waals surface area contributed by atoms with Gasteiger partial charge in [0.05, 0.1) is 21.8 Å². The highest BCUT2D eigenvalue weighted by Crippen LogP contribution is 2.35. The van der Waals surface area contributed by atoms with E-state index in [1.54, 1.807) is 0 Å². The van der Waals surface area contributed by atoms with E-state index in [0.717, 1.165) is 33.0 Å². The molecule has 0 saturated carbocycles. The Bertz CT molecular complexity index is 2210. The highest BCUT2D eigenvalue weighted by atomic mass is 35.5. The second-order valence-corrected chi connectivity index (χ2v) is 9.67. The third-order valence-corrected chi connectivity index (χ3v) is 7.84. The van der Waals surface area contributed by atoms with Crippen LogP contribution in [0.5, 0.6) is 0 Å². The highest BCUT2D eigenvalue weighted by molar-refractivity contribution is 6.14. The van der Waals surface area contributed by atoms with Gasteiger partial charge in [-0.2, -0.15) is 4.40 Å². The van der Waals surface area contributed by atoms with Gasteiger partial charge in [0, 0.05) is 35.2 Å². The van der Waals surface area contributed by atoms with Crippen molar-refractivity contribution in [3.8, 4) is 0 Å². The molecular weight excluding hydrogens is 476 g/mol. The highest BCUT2D eigenvalue weighted by Gasteiger charge is 2.20. The Morgan fingerprint density at radius 1 is 0.514 bits per heavy atom. The van der Waals surface area contributed by atoms with E-state index in [-0.39, 0.29) is 12.4 Å². The zero-order valence-electron chi connectivity index (χ0n) is 19.7. The van der Waals surface area contributed by atoms with Crippen molar-refractivity contribution in [3.63, 3.8) is 0 Å². The molecule has 4 aromatic carbocycles. The first kappa shape index (κ1) is 20.6. The molecule has 0 aliphatic rings. The minimum Gasteiger partial charge on any atom is -1.00 e. The number of hydrogen-bond donors (Lipinski definition) is 0. The number of benzene rings is 4. The minimum absolute atomic E-state index is 0. The van der Waals surface area contributed by atoms with Gasteiger partial charge in [-0.15, -0.1) is 0 Å². The summed E-state index contributed by atoms with van der Waals surface area (Å²) < 4.78 is 11.1. The van der Waals surface area contributed by atoms with Gasteiger partial charge in [0.2, 0.25) is 11.0 Å². The van der Waals surface area contributed by atoms with Crippen LogP contribution in [0.4, 0.5) is 0 Å². The van der Waals surface area contributed by atoms with Gasteiger partial charge in [0.1, 0.15) is 11.2 Å². The smallest absolute Gasteiger partial charge is 0.223 e. The van der Waals surface area contributed by atoms with Crippen molar-refractivity contribution in [2.24, 2.45) is 0 Å². The summed E-state index contributed by atoms with van der Waals surface area (Å²) >= 11 is 0. The molecule has 0 radical (unpaired) electrons. The summed E-state index contributed by atoms with van der Waals surface area (Å²) in [5.74, 6) is 0. The van der Waals surface area contributed by atoms with Crippen molar-refractivity contribution >= 4 is 76.3 Å². The van der Waals surface area contributed by atoms with Crippen LogP contribution in [0.3, 0.4) is 0 Å². The van der Waals surface area contributed by atoms with Gasteiger partial charge >= 0.3 is 0 Å². The number of halogens is 1. The molecule has 0 amide bonds. The molecule has 4 heteroatoms. The molecule has 0 spiro atoms. The summed E-state index contributed by atoms with van der Waals surface area (Å²) in [5, 5.41) is 9.83. The van der Waals surface area contributed by atoms with Crippen molar-refractivity contribution in [1.82, 2.24) is 4.40 Å². The van der Waals surface area contributed by atoms with Crippen LogP contribution in [0.25, 0.3) is 76.3 Å². The Morgan fingerprint density at radius 3 is 2.08 bits per heavy atom. The Morgan fingerprint density at radius 2 is 1.24 bits per heavy atom. The second kappa shape index (κ2) is 7.22. The first-order valence-electron chi connectivity index (χ1n) is 12.3. The van der Waals surface area contributed by atoms with Gasteiger partial charge in [0.25, 0.3) is 0 Å². The van der Waals surface area contributed by atoms with Gasteiger partial charge in [-0.1, -0.05) is 54.6 Å². The summed E-state index contributed by atoms with van der Waals surface area (Å²) in [6.45, 7) is 0. The van der Waals surface area contributed by atoms with E-state index in [0.29, 0.717) is 0 Å². The molecule has 0 N–H and O–H groups in total. The molecule has 0 unspecified atom stereocenters. The Kier molecular flexibility index (Phi) is 4.02. The van der Waals surface area contributed by atoms with E-state index in [1.165, 1.54) is 43.4 Å². The number of pyridine rings is 2. The fourth-order valence-corrected chi connectivity index (χ4v) is 6.15. The molecule has 0 fully saturated rings. The fourth-order valence-electron chi connectivity index (χ4n) is 6.15. The topological polar surface area (TPSA) is 21.7 Å². The predicted octanol–water partition coefficient (Wildman–Crippen LogP) is 5.19.